The summed E-state index contributed by atoms with van der Waals surface area (Å²) in [7, 11) is 3.05. The third kappa shape index (κ3) is 3.29. The first-order chi connectivity index (χ1) is 12.4. The standard InChI is InChI=1S/C21H24N2O3/c1-12(2)20-16(10-14-7-6-8-17(22-14)21(24)26-5)15-9-13(3)19(25-4)11-18(15)23-20/h6-9,11-12,23H,10H2,1-5H3. The number of fused-ring (bicyclic) bond motifs is 1. The average Bonchev–Trinajstić information content (AvgIpc) is 2.98. The molecule has 1 N–H and O–H groups in total. The molecule has 0 bridgehead atoms. The molecule has 0 aliphatic carbocycles. The van der Waals surface area contributed by atoms with Crippen LogP contribution < -0.4 is 4.74 Å². The van der Waals surface area contributed by atoms with Crippen LogP contribution in [-0.4, -0.2) is 30.2 Å². The van der Waals surface area contributed by atoms with Crippen molar-refractivity contribution in [2.45, 2.75) is 33.1 Å². The van der Waals surface area contributed by atoms with Crippen LogP contribution in [0.15, 0.2) is 30.3 Å². The van der Waals surface area contributed by atoms with Gasteiger partial charge in [-0.05, 0) is 42.2 Å². The van der Waals surface area contributed by atoms with E-state index in [1.807, 2.05) is 25.1 Å². The molecule has 2 heterocycles. The zero-order valence-corrected chi connectivity index (χ0v) is 15.8. The van der Waals surface area contributed by atoms with Gasteiger partial charge in [0.1, 0.15) is 11.4 Å². The molecule has 0 fully saturated rings. The van der Waals surface area contributed by atoms with E-state index in [0.717, 1.165) is 27.9 Å². The van der Waals surface area contributed by atoms with Crippen molar-refractivity contribution in [3.05, 3.63) is 58.5 Å². The highest BCUT2D eigenvalue weighted by Crippen LogP contribution is 2.33. The van der Waals surface area contributed by atoms with Gasteiger partial charge in [0.2, 0.25) is 0 Å². The molecule has 2 aromatic heterocycles. The molecule has 3 rings (SSSR count). The first kappa shape index (κ1) is 18.0. The first-order valence-corrected chi connectivity index (χ1v) is 8.68. The summed E-state index contributed by atoms with van der Waals surface area (Å²) in [6.45, 7) is 6.37. The predicted molar refractivity (Wildman–Crippen MR) is 102 cm³/mol. The third-order valence-corrected chi connectivity index (χ3v) is 4.59. The van der Waals surface area contributed by atoms with Crippen LogP contribution in [0.2, 0.25) is 0 Å². The second-order valence-electron chi connectivity index (χ2n) is 6.72. The summed E-state index contributed by atoms with van der Waals surface area (Å²) in [6, 6.07) is 9.63. The Kier molecular flexibility index (Phi) is 4.98. The summed E-state index contributed by atoms with van der Waals surface area (Å²) in [5.41, 5.74) is 5.69. The van der Waals surface area contributed by atoms with Crippen LogP contribution in [-0.2, 0) is 11.2 Å². The van der Waals surface area contributed by atoms with Crippen molar-refractivity contribution in [2.24, 2.45) is 0 Å². The third-order valence-electron chi connectivity index (χ3n) is 4.59. The van der Waals surface area contributed by atoms with E-state index in [-0.39, 0.29) is 0 Å². The number of aryl methyl sites for hydroxylation is 1. The molecule has 26 heavy (non-hydrogen) atoms. The quantitative estimate of drug-likeness (QED) is 0.692. The van der Waals surface area contributed by atoms with E-state index in [2.05, 4.69) is 29.9 Å². The summed E-state index contributed by atoms with van der Waals surface area (Å²) >= 11 is 0. The number of carbonyl (C=O) groups is 1. The van der Waals surface area contributed by atoms with Gasteiger partial charge < -0.3 is 14.5 Å². The van der Waals surface area contributed by atoms with Gasteiger partial charge in [0, 0.05) is 34.8 Å². The lowest BCUT2D eigenvalue weighted by molar-refractivity contribution is 0.0593. The predicted octanol–water partition coefficient (Wildman–Crippen LogP) is 4.38. The summed E-state index contributed by atoms with van der Waals surface area (Å²) in [4.78, 5) is 19.8. The summed E-state index contributed by atoms with van der Waals surface area (Å²) < 4.78 is 10.2. The minimum atomic E-state index is -0.421. The van der Waals surface area contributed by atoms with Crippen molar-refractivity contribution < 1.29 is 14.3 Å². The van der Waals surface area contributed by atoms with Gasteiger partial charge in [0.25, 0.3) is 0 Å². The van der Waals surface area contributed by atoms with E-state index in [1.54, 1.807) is 13.2 Å². The number of aromatic amines is 1. The fraction of sp³-hybridized carbons (Fsp3) is 0.333. The molecule has 1 aromatic carbocycles. The number of methoxy groups -OCH3 is 2. The van der Waals surface area contributed by atoms with Gasteiger partial charge in [-0.2, -0.15) is 0 Å². The molecule has 3 aromatic rings. The molecule has 0 saturated carbocycles. The number of aromatic nitrogens is 2. The molecule has 0 radical (unpaired) electrons. The van der Waals surface area contributed by atoms with Gasteiger partial charge in [-0.1, -0.05) is 19.9 Å². The topological polar surface area (TPSA) is 64.2 Å². The number of esters is 1. The molecule has 0 unspecified atom stereocenters. The van der Waals surface area contributed by atoms with Crippen LogP contribution >= 0.6 is 0 Å². The Bertz CT molecular complexity index is 957. The van der Waals surface area contributed by atoms with E-state index in [4.69, 9.17) is 9.47 Å². The number of ether oxygens (including phenoxy) is 2. The Balaban J connectivity index is 2.10. The lowest BCUT2D eigenvalue weighted by Crippen LogP contribution is -2.06. The van der Waals surface area contributed by atoms with Crippen molar-refractivity contribution in [3.8, 4) is 5.75 Å². The van der Waals surface area contributed by atoms with Crippen molar-refractivity contribution in [1.29, 1.82) is 0 Å². The molecule has 0 amide bonds. The minimum Gasteiger partial charge on any atom is -0.496 e. The van der Waals surface area contributed by atoms with Crippen LogP contribution in [0.5, 0.6) is 5.75 Å². The Hall–Kier alpha value is -2.82. The number of carbonyl (C=O) groups excluding carboxylic acids is 1. The number of H-pyrrole nitrogens is 1. The molecular formula is C21H24N2O3. The molecule has 0 aliphatic heterocycles. The zero-order chi connectivity index (χ0) is 18.8. The molecule has 5 heteroatoms. The van der Waals surface area contributed by atoms with Gasteiger partial charge >= 0.3 is 5.97 Å². The number of hydrogen-bond donors (Lipinski definition) is 1. The number of nitrogens with zero attached hydrogens (tertiary/aromatic N) is 1. The van der Waals surface area contributed by atoms with Gasteiger partial charge in [0.15, 0.2) is 0 Å². The highest BCUT2D eigenvalue weighted by Gasteiger charge is 2.17. The number of rotatable bonds is 5. The maximum Gasteiger partial charge on any atom is 0.356 e. The molecule has 5 nitrogen and oxygen atoms in total. The monoisotopic (exact) mass is 352 g/mol. The maximum absolute atomic E-state index is 11.8. The average molecular weight is 352 g/mol. The largest absolute Gasteiger partial charge is 0.496 e. The molecule has 0 atom stereocenters. The van der Waals surface area contributed by atoms with Crippen molar-refractivity contribution >= 4 is 16.9 Å². The summed E-state index contributed by atoms with van der Waals surface area (Å²) in [5, 5.41) is 1.16. The van der Waals surface area contributed by atoms with E-state index in [1.165, 1.54) is 18.4 Å². The van der Waals surface area contributed by atoms with Gasteiger partial charge in [0.05, 0.1) is 14.2 Å². The van der Waals surface area contributed by atoms with E-state index in [9.17, 15) is 4.79 Å². The summed E-state index contributed by atoms with van der Waals surface area (Å²) in [5.74, 6) is 0.786. The van der Waals surface area contributed by atoms with Crippen LogP contribution in [0.3, 0.4) is 0 Å². The van der Waals surface area contributed by atoms with Crippen molar-refractivity contribution in [1.82, 2.24) is 9.97 Å². The first-order valence-electron chi connectivity index (χ1n) is 8.68. The number of benzene rings is 1. The molecular weight excluding hydrogens is 328 g/mol. The Labute approximate surface area is 153 Å². The van der Waals surface area contributed by atoms with E-state index < -0.39 is 5.97 Å². The number of hydrogen-bond acceptors (Lipinski definition) is 4. The fourth-order valence-corrected chi connectivity index (χ4v) is 3.29. The number of nitrogens with one attached hydrogen (secondary N) is 1. The van der Waals surface area contributed by atoms with Crippen LogP contribution in [0.25, 0.3) is 10.9 Å². The van der Waals surface area contributed by atoms with Crippen LogP contribution in [0, 0.1) is 6.92 Å². The lowest BCUT2D eigenvalue weighted by Gasteiger charge is -2.09. The fourth-order valence-electron chi connectivity index (χ4n) is 3.29. The van der Waals surface area contributed by atoms with Crippen molar-refractivity contribution in [3.63, 3.8) is 0 Å². The Morgan fingerprint density at radius 2 is 2.00 bits per heavy atom. The van der Waals surface area contributed by atoms with Crippen LogP contribution in [0.4, 0.5) is 0 Å². The second kappa shape index (κ2) is 7.20. The van der Waals surface area contributed by atoms with Crippen LogP contribution in [0.1, 0.15) is 52.8 Å². The maximum atomic E-state index is 11.8. The van der Waals surface area contributed by atoms with Gasteiger partial charge in [-0.25, -0.2) is 9.78 Å². The molecule has 136 valence electrons. The second-order valence-corrected chi connectivity index (χ2v) is 6.72. The lowest BCUT2D eigenvalue weighted by atomic mass is 9.98. The smallest absolute Gasteiger partial charge is 0.356 e. The van der Waals surface area contributed by atoms with E-state index >= 15 is 0 Å². The molecule has 0 spiro atoms. The van der Waals surface area contributed by atoms with E-state index in [0.29, 0.717) is 18.0 Å². The minimum absolute atomic E-state index is 0.328. The van der Waals surface area contributed by atoms with Gasteiger partial charge in [-0.3, -0.25) is 0 Å². The summed E-state index contributed by atoms with van der Waals surface area (Å²) in [6.07, 6.45) is 0.643. The SMILES string of the molecule is COC(=O)c1cccc(Cc2c(C(C)C)[nH]c3cc(OC)c(C)cc23)n1. The highest BCUT2D eigenvalue weighted by atomic mass is 16.5. The Morgan fingerprint density at radius 3 is 2.65 bits per heavy atom. The highest BCUT2D eigenvalue weighted by molar-refractivity contribution is 5.88. The van der Waals surface area contributed by atoms with Crippen molar-refractivity contribution in [2.75, 3.05) is 14.2 Å². The molecule has 0 saturated heterocycles. The molecule has 0 aliphatic rings. The normalized spacial score (nSPS) is 11.2. The Morgan fingerprint density at radius 1 is 1.23 bits per heavy atom. The zero-order valence-electron chi connectivity index (χ0n) is 15.8. The number of pyridine rings is 1. The van der Waals surface area contributed by atoms with Gasteiger partial charge in [-0.15, -0.1) is 0 Å².